The predicted octanol–water partition coefficient (Wildman–Crippen LogP) is 2.52. The van der Waals surface area contributed by atoms with Gasteiger partial charge in [-0.05, 0) is 35.2 Å². The van der Waals surface area contributed by atoms with Gasteiger partial charge in [0.25, 0.3) is 5.56 Å². The number of nitrogens with two attached hydrogens (primary N) is 1. The average molecular weight is 375 g/mol. The summed E-state index contributed by atoms with van der Waals surface area (Å²) in [7, 11) is 0. The van der Waals surface area contributed by atoms with Crippen molar-refractivity contribution in [3.8, 4) is 10.6 Å². The minimum absolute atomic E-state index is 0.0592. The average Bonchev–Trinajstić information content (AvgIpc) is 3.13. The van der Waals surface area contributed by atoms with Gasteiger partial charge in [-0.25, -0.2) is 4.68 Å². The minimum atomic E-state index is -0.484. The molecule has 0 saturated heterocycles. The van der Waals surface area contributed by atoms with Crippen molar-refractivity contribution < 1.29 is 4.79 Å². The molecule has 1 aromatic carbocycles. The number of thiophene rings is 1. The Hall–Kier alpha value is -2.64. The Kier molecular flexibility index (Phi) is 5.16. The van der Waals surface area contributed by atoms with E-state index in [2.05, 4.69) is 10.4 Å². The maximum atomic E-state index is 12.1. The Morgan fingerprint density at radius 3 is 2.72 bits per heavy atom. The SMILES string of the molecule is Nc1cc(-c2cccs2)nn(CC(=O)NCc2ccc(Cl)cc2)c1=O. The second-order valence-corrected chi connectivity index (χ2v) is 6.71. The molecule has 0 saturated carbocycles. The number of hydrogen-bond donors (Lipinski definition) is 2. The third-order valence-corrected chi connectivity index (χ3v) is 4.62. The lowest BCUT2D eigenvalue weighted by Gasteiger charge is -2.09. The first-order valence-electron chi connectivity index (χ1n) is 7.45. The maximum Gasteiger partial charge on any atom is 0.290 e. The van der Waals surface area contributed by atoms with E-state index < -0.39 is 5.56 Å². The monoisotopic (exact) mass is 374 g/mol. The van der Waals surface area contributed by atoms with E-state index in [-0.39, 0.29) is 18.1 Å². The number of anilines is 1. The van der Waals surface area contributed by atoms with E-state index in [1.54, 1.807) is 12.1 Å². The van der Waals surface area contributed by atoms with Crippen LogP contribution in [-0.4, -0.2) is 15.7 Å². The van der Waals surface area contributed by atoms with Gasteiger partial charge >= 0.3 is 0 Å². The van der Waals surface area contributed by atoms with Crippen LogP contribution in [0.25, 0.3) is 10.6 Å². The highest BCUT2D eigenvalue weighted by atomic mass is 35.5. The van der Waals surface area contributed by atoms with Gasteiger partial charge in [0, 0.05) is 11.6 Å². The molecule has 8 heteroatoms. The van der Waals surface area contributed by atoms with Gasteiger partial charge < -0.3 is 11.1 Å². The second kappa shape index (κ2) is 7.50. The minimum Gasteiger partial charge on any atom is -0.394 e. The number of rotatable bonds is 5. The van der Waals surface area contributed by atoms with Crippen molar-refractivity contribution in [2.75, 3.05) is 5.73 Å². The van der Waals surface area contributed by atoms with Gasteiger partial charge in [-0.1, -0.05) is 29.8 Å². The number of carbonyl (C=O) groups excluding carboxylic acids is 1. The molecule has 0 atom stereocenters. The Labute approximate surface area is 152 Å². The standard InChI is InChI=1S/C17H15ClN4O2S/c18-12-5-3-11(4-6-12)9-20-16(23)10-22-17(24)13(19)8-14(21-22)15-2-1-7-25-15/h1-8H,9-10,19H2,(H,20,23). The van der Waals surface area contributed by atoms with Crippen LogP contribution in [0.1, 0.15) is 5.56 Å². The Morgan fingerprint density at radius 2 is 2.04 bits per heavy atom. The Morgan fingerprint density at radius 1 is 1.28 bits per heavy atom. The van der Waals surface area contributed by atoms with Crippen LogP contribution in [-0.2, 0) is 17.9 Å². The normalized spacial score (nSPS) is 10.6. The Balaban J connectivity index is 1.72. The number of amides is 1. The van der Waals surface area contributed by atoms with Crippen LogP contribution in [0.15, 0.2) is 52.6 Å². The molecule has 0 aliphatic carbocycles. The molecule has 3 N–H and O–H groups in total. The summed E-state index contributed by atoms with van der Waals surface area (Å²) in [6.07, 6.45) is 0. The second-order valence-electron chi connectivity index (χ2n) is 5.33. The number of benzene rings is 1. The van der Waals surface area contributed by atoms with Gasteiger partial charge in [-0.3, -0.25) is 9.59 Å². The van der Waals surface area contributed by atoms with E-state index >= 15 is 0 Å². The molecule has 0 aliphatic rings. The smallest absolute Gasteiger partial charge is 0.290 e. The third kappa shape index (κ3) is 4.26. The fourth-order valence-corrected chi connectivity index (χ4v) is 3.02. The molecule has 0 aliphatic heterocycles. The van der Waals surface area contributed by atoms with Crippen molar-refractivity contribution in [1.82, 2.24) is 15.1 Å². The molecule has 2 heterocycles. The molecule has 3 aromatic rings. The lowest BCUT2D eigenvalue weighted by Crippen LogP contribution is -2.34. The zero-order chi connectivity index (χ0) is 17.8. The van der Waals surface area contributed by atoms with Crippen molar-refractivity contribution in [1.29, 1.82) is 0 Å². The third-order valence-electron chi connectivity index (χ3n) is 3.47. The van der Waals surface area contributed by atoms with Crippen LogP contribution in [0.2, 0.25) is 5.02 Å². The van der Waals surface area contributed by atoms with Crippen molar-refractivity contribution in [3.63, 3.8) is 0 Å². The van der Waals surface area contributed by atoms with Gasteiger partial charge in [0.15, 0.2) is 0 Å². The number of hydrogen-bond acceptors (Lipinski definition) is 5. The van der Waals surface area contributed by atoms with Crippen LogP contribution >= 0.6 is 22.9 Å². The summed E-state index contributed by atoms with van der Waals surface area (Å²) in [6, 6.07) is 12.4. The van der Waals surface area contributed by atoms with Gasteiger partial charge in [0.1, 0.15) is 17.9 Å². The summed E-state index contributed by atoms with van der Waals surface area (Å²) < 4.78 is 1.08. The fourth-order valence-electron chi connectivity index (χ4n) is 2.21. The summed E-state index contributed by atoms with van der Waals surface area (Å²) >= 11 is 7.31. The quantitative estimate of drug-likeness (QED) is 0.718. The molecule has 25 heavy (non-hydrogen) atoms. The molecule has 0 unspecified atom stereocenters. The number of nitrogens with one attached hydrogen (secondary N) is 1. The van der Waals surface area contributed by atoms with E-state index in [0.717, 1.165) is 15.1 Å². The highest BCUT2D eigenvalue weighted by Crippen LogP contribution is 2.22. The Bertz CT molecular complexity index is 936. The molecular weight excluding hydrogens is 360 g/mol. The van der Waals surface area contributed by atoms with E-state index in [9.17, 15) is 9.59 Å². The zero-order valence-electron chi connectivity index (χ0n) is 13.1. The van der Waals surface area contributed by atoms with Crippen molar-refractivity contribution >= 4 is 34.5 Å². The molecule has 0 fully saturated rings. The molecule has 0 bridgehead atoms. The first kappa shape index (κ1) is 17.2. The van der Waals surface area contributed by atoms with Gasteiger partial charge in [0.05, 0.1) is 4.88 Å². The first-order valence-corrected chi connectivity index (χ1v) is 8.71. The van der Waals surface area contributed by atoms with Crippen LogP contribution in [0.5, 0.6) is 0 Å². The van der Waals surface area contributed by atoms with E-state index in [4.69, 9.17) is 17.3 Å². The molecular formula is C17H15ClN4O2S. The molecule has 0 radical (unpaired) electrons. The highest BCUT2D eigenvalue weighted by molar-refractivity contribution is 7.13. The zero-order valence-corrected chi connectivity index (χ0v) is 14.7. The molecule has 128 valence electrons. The molecule has 1 amide bonds. The summed E-state index contributed by atoms with van der Waals surface area (Å²) in [5.41, 5.74) is 6.82. The van der Waals surface area contributed by atoms with Crippen molar-refractivity contribution in [2.45, 2.75) is 13.1 Å². The lowest BCUT2D eigenvalue weighted by atomic mass is 10.2. The molecule has 6 nitrogen and oxygen atoms in total. The van der Waals surface area contributed by atoms with E-state index in [1.165, 1.54) is 17.4 Å². The van der Waals surface area contributed by atoms with E-state index in [1.807, 2.05) is 29.6 Å². The van der Waals surface area contributed by atoms with E-state index in [0.29, 0.717) is 17.3 Å². The van der Waals surface area contributed by atoms with Crippen LogP contribution in [0.3, 0.4) is 0 Å². The van der Waals surface area contributed by atoms with Crippen molar-refractivity contribution in [2.24, 2.45) is 0 Å². The predicted molar refractivity (Wildman–Crippen MR) is 99.5 cm³/mol. The summed E-state index contributed by atoms with van der Waals surface area (Å²) in [5, 5.41) is 9.52. The summed E-state index contributed by atoms with van der Waals surface area (Å²) in [6.45, 7) is 0.140. The first-order chi connectivity index (χ1) is 12.0. The summed E-state index contributed by atoms with van der Waals surface area (Å²) in [5.74, 6) is -0.327. The van der Waals surface area contributed by atoms with Gasteiger partial charge in [0.2, 0.25) is 5.91 Å². The van der Waals surface area contributed by atoms with Crippen LogP contribution in [0.4, 0.5) is 5.69 Å². The van der Waals surface area contributed by atoms with Crippen LogP contribution < -0.4 is 16.6 Å². The number of halogens is 1. The van der Waals surface area contributed by atoms with Crippen LogP contribution in [0, 0.1) is 0 Å². The lowest BCUT2D eigenvalue weighted by molar-refractivity contribution is -0.122. The highest BCUT2D eigenvalue weighted by Gasteiger charge is 2.11. The topological polar surface area (TPSA) is 90.0 Å². The molecule has 0 spiro atoms. The molecule has 2 aromatic heterocycles. The number of carbonyl (C=O) groups is 1. The maximum absolute atomic E-state index is 12.1. The number of aromatic nitrogens is 2. The number of nitrogen functional groups attached to an aromatic ring is 1. The fraction of sp³-hybridized carbons (Fsp3) is 0.118. The van der Waals surface area contributed by atoms with Gasteiger partial charge in [-0.2, -0.15) is 5.10 Å². The summed E-state index contributed by atoms with van der Waals surface area (Å²) in [4.78, 5) is 25.1. The largest absolute Gasteiger partial charge is 0.394 e. The molecule has 3 rings (SSSR count). The number of nitrogens with zero attached hydrogens (tertiary/aromatic N) is 2. The van der Waals surface area contributed by atoms with Gasteiger partial charge in [-0.15, -0.1) is 11.3 Å². The van der Waals surface area contributed by atoms with Crippen molar-refractivity contribution in [3.05, 3.63) is 68.8 Å².